The van der Waals surface area contributed by atoms with Gasteiger partial charge in [-0.15, -0.1) is 0 Å². The Morgan fingerprint density at radius 3 is 1.92 bits per heavy atom. The van der Waals surface area contributed by atoms with E-state index < -0.39 is 0 Å². The number of rotatable bonds is 4. The fourth-order valence-corrected chi connectivity index (χ4v) is 5.65. The Hall–Kier alpha value is -4.10. The van der Waals surface area contributed by atoms with E-state index in [0.717, 1.165) is 5.69 Å². The first-order chi connectivity index (χ1) is 17.4. The molecule has 0 bridgehead atoms. The van der Waals surface area contributed by atoms with Crippen LogP contribution in [-0.4, -0.2) is 0 Å². The molecular formula is C35H31N. The second-order valence-corrected chi connectivity index (χ2v) is 10.4. The smallest absolute Gasteiger partial charge is 0.0543 e. The van der Waals surface area contributed by atoms with Crippen molar-refractivity contribution in [3.8, 4) is 22.3 Å². The molecule has 1 aliphatic rings. The highest BCUT2D eigenvalue weighted by atomic mass is 15.1. The maximum atomic E-state index is 2.43. The number of fused-ring (bicyclic) bond motifs is 3. The molecule has 6 rings (SSSR count). The molecule has 0 unspecified atom stereocenters. The number of aryl methyl sites for hydroxylation is 2. The summed E-state index contributed by atoms with van der Waals surface area (Å²) in [5, 5.41) is 0. The van der Waals surface area contributed by atoms with Gasteiger partial charge in [0.25, 0.3) is 0 Å². The molecule has 0 saturated heterocycles. The van der Waals surface area contributed by atoms with Crippen molar-refractivity contribution in [2.45, 2.75) is 33.1 Å². The topological polar surface area (TPSA) is 3.24 Å². The molecule has 0 aromatic heterocycles. The fourth-order valence-electron chi connectivity index (χ4n) is 5.65. The van der Waals surface area contributed by atoms with Gasteiger partial charge in [0.15, 0.2) is 0 Å². The zero-order chi connectivity index (χ0) is 24.9. The van der Waals surface area contributed by atoms with Crippen molar-refractivity contribution in [3.05, 3.63) is 138 Å². The fraction of sp³-hybridized carbons (Fsp3) is 0.143. The number of nitrogens with zero attached hydrogens (tertiary/aromatic N) is 1. The third-order valence-corrected chi connectivity index (χ3v) is 7.81. The van der Waals surface area contributed by atoms with Crippen molar-refractivity contribution in [1.82, 2.24) is 0 Å². The summed E-state index contributed by atoms with van der Waals surface area (Å²) in [6.07, 6.45) is 0. The van der Waals surface area contributed by atoms with E-state index in [4.69, 9.17) is 0 Å². The van der Waals surface area contributed by atoms with E-state index in [9.17, 15) is 0 Å². The van der Waals surface area contributed by atoms with Crippen LogP contribution in [0.5, 0.6) is 0 Å². The summed E-state index contributed by atoms with van der Waals surface area (Å²) in [6, 6.07) is 42.0. The minimum absolute atomic E-state index is 0.0338. The zero-order valence-electron chi connectivity index (χ0n) is 21.4. The summed E-state index contributed by atoms with van der Waals surface area (Å²) < 4.78 is 0. The van der Waals surface area contributed by atoms with Gasteiger partial charge in [-0.05, 0) is 83.1 Å². The quantitative estimate of drug-likeness (QED) is 0.255. The largest absolute Gasteiger partial charge is 0.310 e. The molecule has 0 radical (unpaired) electrons. The average molecular weight is 466 g/mol. The van der Waals surface area contributed by atoms with Crippen LogP contribution in [0.25, 0.3) is 22.3 Å². The molecule has 0 N–H and O–H groups in total. The lowest BCUT2D eigenvalue weighted by Crippen LogP contribution is -2.16. The minimum Gasteiger partial charge on any atom is -0.310 e. The van der Waals surface area contributed by atoms with Gasteiger partial charge < -0.3 is 4.90 Å². The Morgan fingerprint density at radius 2 is 1.17 bits per heavy atom. The van der Waals surface area contributed by atoms with E-state index in [1.54, 1.807) is 0 Å². The molecule has 0 heterocycles. The van der Waals surface area contributed by atoms with E-state index in [2.05, 4.69) is 148 Å². The van der Waals surface area contributed by atoms with Gasteiger partial charge in [0.1, 0.15) is 0 Å². The molecular weight excluding hydrogens is 434 g/mol. The van der Waals surface area contributed by atoms with Crippen molar-refractivity contribution in [3.63, 3.8) is 0 Å². The highest BCUT2D eigenvalue weighted by Gasteiger charge is 2.37. The van der Waals surface area contributed by atoms with Crippen molar-refractivity contribution in [1.29, 1.82) is 0 Å². The third-order valence-electron chi connectivity index (χ3n) is 7.81. The molecule has 1 nitrogen and oxygen atoms in total. The molecule has 0 amide bonds. The summed E-state index contributed by atoms with van der Waals surface area (Å²) in [5.74, 6) is 0. The van der Waals surface area contributed by atoms with Gasteiger partial charge in [-0.25, -0.2) is 0 Å². The van der Waals surface area contributed by atoms with Gasteiger partial charge in [-0.3, -0.25) is 0 Å². The minimum atomic E-state index is -0.0338. The predicted molar refractivity (Wildman–Crippen MR) is 154 cm³/mol. The summed E-state index contributed by atoms with van der Waals surface area (Å²) >= 11 is 0. The number of hydrogen-bond donors (Lipinski definition) is 0. The van der Waals surface area contributed by atoms with Crippen LogP contribution in [0, 0.1) is 13.8 Å². The summed E-state index contributed by atoms with van der Waals surface area (Å²) in [4.78, 5) is 2.43. The van der Waals surface area contributed by atoms with Crippen LogP contribution in [0.4, 0.5) is 17.1 Å². The number of anilines is 3. The first-order valence-corrected chi connectivity index (χ1v) is 12.7. The highest BCUT2D eigenvalue weighted by Crippen LogP contribution is 2.54. The number of hydrogen-bond acceptors (Lipinski definition) is 1. The van der Waals surface area contributed by atoms with Crippen LogP contribution in [-0.2, 0) is 5.41 Å². The van der Waals surface area contributed by atoms with Crippen molar-refractivity contribution in [2.75, 3.05) is 4.90 Å². The average Bonchev–Trinajstić information content (AvgIpc) is 3.15. The first-order valence-electron chi connectivity index (χ1n) is 12.7. The molecule has 0 spiro atoms. The van der Waals surface area contributed by atoms with Gasteiger partial charge in [0, 0.05) is 22.4 Å². The Kier molecular flexibility index (Phi) is 5.30. The summed E-state index contributed by atoms with van der Waals surface area (Å²) in [6.45, 7) is 9.06. The van der Waals surface area contributed by atoms with Crippen molar-refractivity contribution in [2.24, 2.45) is 0 Å². The number of benzene rings is 5. The Balaban J connectivity index is 1.57. The van der Waals surface area contributed by atoms with Gasteiger partial charge in [0.2, 0.25) is 0 Å². The van der Waals surface area contributed by atoms with Crippen LogP contribution >= 0.6 is 0 Å². The van der Waals surface area contributed by atoms with E-state index in [0.29, 0.717) is 0 Å². The second kappa shape index (κ2) is 8.53. The second-order valence-electron chi connectivity index (χ2n) is 10.4. The van der Waals surface area contributed by atoms with Gasteiger partial charge in [-0.1, -0.05) is 98.8 Å². The third kappa shape index (κ3) is 3.55. The standard InChI is InChI=1S/C35H31N/c1-24-17-20-29(23-25(24)2)36(28-21-18-27(19-22-28)26-11-6-5-7-12-26)33-16-10-15-32-34(33)30-13-8-9-14-31(30)35(32,3)4/h5-23H,1-4H3. The molecule has 0 fully saturated rings. The van der Waals surface area contributed by atoms with E-state index in [1.165, 1.54) is 55.9 Å². The molecule has 1 aliphatic carbocycles. The Bertz CT molecular complexity index is 1560. The van der Waals surface area contributed by atoms with Gasteiger partial charge >= 0.3 is 0 Å². The Labute approximate surface area is 214 Å². The van der Waals surface area contributed by atoms with Crippen LogP contribution in [0.15, 0.2) is 115 Å². The van der Waals surface area contributed by atoms with Crippen molar-refractivity contribution < 1.29 is 0 Å². The van der Waals surface area contributed by atoms with Crippen LogP contribution in [0.1, 0.15) is 36.1 Å². The highest BCUT2D eigenvalue weighted by molar-refractivity contribution is 5.95. The maximum Gasteiger partial charge on any atom is 0.0543 e. The molecule has 0 atom stereocenters. The van der Waals surface area contributed by atoms with E-state index >= 15 is 0 Å². The first kappa shape index (κ1) is 22.4. The molecule has 5 aromatic rings. The van der Waals surface area contributed by atoms with Gasteiger partial charge in [-0.2, -0.15) is 0 Å². The molecule has 0 aliphatic heterocycles. The maximum absolute atomic E-state index is 2.43. The molecule has 5 aromatic carbocycles. The predicted octanol–water partition coefficient (Wildman–Crippen LogP) is 9.75. The summed E-state index contributed by atoms with van der Waals surface area (Å²) in [5.41, 5.74) is 14.1. The lowest BCUT2D eigenvalue weighted by Gasteiger charge is -2.29. The normalized spacial score (nSPS) is 13.2. The zero-order valence-corrected chi connectivity index (χ0v) is 21.4. The molecule has 36 heavy (non-hydrogen) atoms. The van der Waals surface area contributed by atoms with Crippen LogP contribution in [0.3, 0.4) is 0 Å². The van der Waals surface area contributed by atoms with E-state index in [-0.39, 0.29) is 5.41 Å². The monoisotopic (exact) mass is 465 g/mol. The molecule has 0 saturated carbocycles. The molecule has 176 valence electrons. The lowest BCUT2D eigenvalue weighted by molar-refractivity contribution is 0.660. The summed E-state index contributed by atoms with van der Waals surface area (Å²) in [7, 11) is 0. The lowest BCUT2D eigenvalue weighted by atomic mass is 9.82. The van der Waals surface area contributed by atoms with Crippen molar-refractivity contribution >= 4 is 17.1 Å². The Morgan fingerprint density at radius 1 is 0.528 bits per heavy atom. The van der Waals surface area contributed by atoms with Gasteiger partial charge in [0.05, 0.1) is 5.69 Å². The molecule has 1 heteroatoms. The van der Waals surface area contributed by atoms with E-state index in [1.807, 2.05) is 0 Å². The van der Waals surface area contributed by atoms with Crippen LogP contribution in [0.2, 0.25) is 0 Å². The van der Waals surface area contributed by atoms with Crippen LogP contribution < -0.4 is 4.90 Å². The SMILES string of the molecule is Cc1ccc(N(c2ccc(-c3ccccc3)cc2)c2cccc3c2-c2ccccc2C3(C)C)cc1C.